The van der Waals surface area contributed by atoms with Gasteiger partial charge in [-0.1, -0.05) is 0 Å². The third-order valence-corrected chi connectivity index (χ3v) is 1.42. The summed E-state index contributed by atoms with van der Waals surface area (Å²) in [7, 11) is 3.90. The van der Waals surface area contributed by atoms with Gasteiger partial charge in [0.2, 0.25) is 0 Å². The van der Waals surface area contributed by atoms with E-state index in [1.807, 2.05) is 31.3 Å². The number of nitrogens with zero attached hydrogens (tertiary/aromatic N) is 1. The smallest absolute Gasteiger partial charge is 0.166 e. The number of rotatable bonds is 3. The lowest BCUT2D eigenvalue weighted by atomic mass is 10.3. The highest BCUT2D eigenvalue weighted by atomic mass is 16.1. The van der Waals surface area contributed by atoms with Crippen molar-refractivity contribution >= 4 is 12.4 Å². The molecule has 0 spiro atoms. The van der Waals surface area contributed by atoms with E-state index in [4.69, 9.17) is 0 Å². The predicted octanol–water partition coefficient (Wildman–Crippen LogP) is 1.36. The maximum Gasteiger partial charge on any atom is 0.166 e. The average Bonchev–Trinajstić information content (AvgIpc) is 2.48. The van der Waals surface area contributed by atoms with E-state index in [0.717, 1.165) is 11.8 Å². The molecule has 3 heteroatoms. The van der Waals surface area contributed by atoms with Gasteiger partial charge in [0.1, 0.15) is 0 Å². The molecule has 0 radical (unpaired) electrons. The van der Waals surface area contributed by atoms with Gasteiger partial charge in [-0.05, 0) is 23.9 Å². The lowest BCUT2D eigenvalue weighted by molar-refractivity contribution is 0.111. The molecule has 1 rings (SSSR count). The molecule has 0 unspecified atom stereocenters. The van der Waals surface area contributed by atoms with Crippen molar-refractivity contribution in [2.45, 2.75) is 0 Å². The number of aromatic amines is 1. The monoisotopic (exact) mass is 164 g/mol. The third kappa shape index (κ3) is 2.27. The van der Waals surface area contributed by atoms with Crippen molar-refractivity contribution in [2.24, 2.45) is 0 Å². The zero-order chi connectivity index (χ0) is 8.97. The number of hydrogen-bond acceptors (Lipinski definition) is 2. The number of aromatic nitrogens is 1. The molecule has 1 N–H and O–H groups in total. The second-order valence-corrected chi connectivity index (χ2v) is 2.79. The molecule has 1 heterocycles. The molecule has 1 aromatic heterocycles. The number of nitrogens with one attached hydrogen (secondary N) is 1. The minimum Gasteiger partial charge on any atom is -0.383 e. The Hall–Kier alpha value is -1.51. The number of H-pyrrole nitrogens is 1. The van der Waals surface area contributed by atoms with E-state index in [1.165, 1.54) is 0 Å². The molecule has 0 aliphatic rings. The number of carbonyl (C=O) groups is 1. The van der Waals surface area contributed by atoms with Gasteiger partial charge in [-0.15, -0.1) is 0 Å². The van der Waals surface area contributed by atoms with Crippen LogP contribution in [0.2, 0.25) is 0 Å². The van der Waals surface area contributed by atoms with E-state index in [1.54, 1.807) is 12.3 Å². The molecule has 0 saturated carbocycles. The fraction of sp³-hybridized carbons (Fsp3) is 0.222. The van der Waals surface area contributed by atoms with E-state index in [2.05, 4.69) is 4.98 Å². The van der Waals surface area contributed by atoms with Crippen LogP contribution in [0.25, 0.3) is 6.08 Å². The van der Waals surface area contributed by atoms with Crippen molar-refractivity contribution in [3.63, 3.8) is 0 Å². The van der Waals surface area contributed by atoms with E-state index in [9.17, 15) is 4.79 Å². The Morgan fingerprint density at radius 2 is 2.25 bits per heavy atom. The summed E-state index contributed by atoms with van der Waals surface area (Å²) >= 11 is 0. The van der Waals surface area contributed by atoms with Gasteiger partial charge in [-0.25, -0.2) is 0 Å². The minimum atomic E-state index is 0.605. The molecule has 0 aromatic carbocycles. The molecule has 0 bridgehead atoms. The van der Waals surface area contributed by atoms with E-state index >= 15 is 0 Å². The van der Waals surface area contributed by atoms with Gasteiger partial charge >= 0.3 is 0 Å². The fourth-order valence-electron chi connectivity index (χ4n) is 0.829. The average molecular weight is 164 g/mol. The molecule has 1 aromatic rings. The van der Waals surface area contributed by atoms with Gasteiger partial charge in [-0.2, -0.15) is 0 Å². The summed E-state index contributed by atoms with van der Waals surface area (Å²) in [5, 5.41) is 0. The Labute approximate surface area is 71.7 Å². The number of aldehydes is 1. The van der Waals surface area contributed by atoms with Gasteiger partial charge in [0.15, 0.2) is 6.29 Å². The molecular formula is C9H12N2O. The lowest BCUT2D eigenvalue weighted by Gasteiger charge is -2.01. The Bertz CT molecular complexity index is 286. The maximum atomic E-state index is 10.3. The summed E-state index contributed by atoms with van der Waals surface area (Å²) in [6.07, 6.45) is 6.46. The molecule has 0 aliphatic carbocycles. The molecule has 0 amide bonds. The van der Waals surface area contributed by atoms with Crippen LogP contribution < -0.4 is 0 Å². The van der Waals surface area contributed by atoms with Gasteiger partial charge in [-0.3, -0.25) is 4.79 Å². The predicted molar refractivity (Wildman–Crippen MR) is 48.9 cm³/mol. The quantitative estimate of drug-likeness (QED) is 0.685. The number of carbonyl (C=O) groups excluding carboxylic acids is 1. The minimum absolute atomic E-state index is 0.605. The van der Waals surface area contributed by atoms with Crippen molar-refractivity contribution in [3.05, 3.63) is 29.7 Å². The van der Waals surface area contributed by atoms with Crippen molar-refractivity contribution in [1.29, 1.82) is 0 Å². The van der Waals surface area contributed by atoms with Crippen LogP contribution in [0, 0.1) is 0 Å². The van der Waals surface area contributed by atoms with Gasteiger partial charge in [0.05, 0.1) is 5.69 Å². The van der Waals surface area contributed by atoms with E-state index < -0.39 is 0 Å². The van der Waals surface area contributed by atoms with Crippen LogP contribution in [0.3, 0.4) is 0 Å². The van der Waals surface area contributed by atoms with Crippen molar-refractivity contribution in [1.82, 2.24) is 9.88 Å². The highest BCUT2D eigenvalue weighted by molar-refractivity contribution is 5.73. The Morgan fingerprint density at radius 3 is 2.75 bits per heavy atom. The summed E-state index contributed by atoms with van der Waals surface area (Å²) < 4.78 is 0. The van der Waals surface area contributed by atoms with Crippen LogP contribution in [0.5, 0.6) is 0 Å². The first-order valence-electron chi connectivity index (χ1n) is 3.70. The lowest BCUT2D eigenvalue weighted by Crippen LogP contribution is -1.99. The first kappa shape index (κ1) is 8.59. The zero-order valence-corrected chi connectivity index (χ0v) is 7.24. The second kappa shape index (κ2) is 3.76. The van der Waals surface area contributed by atoms with Crippen LogP contribution in [0.15, 0.2) is 18.5 Å². The highest BCUT2D eigenvalue weighted by Gasteiger charge is 1.92. The van der Waals surface area contributed by atoms with E-state index in [0.29, 0.717) is 5.69 Å². The van der Waals surface area contributed by atoms with Gasteiger partial charge < -0.3 is 9.88 Å². The first-order valence-corrected chi connectivity index (χ1v) is 3.70. The van der Waals surface area contributed by atoms with Crippen molar-refractivity contribution < 1.29 is 4.79 Å². The van der Waals surface area contributed by atoms with Crippen molar-refractivity contribution in [3.8, 4) is 0 Å². The van der Waals surface area contributed by atoms with Crippen LogP contribution in [0.1, 0.15) is 16.1 Å². The summed E-state index contributed by atoms with van der Waals surface area (Å²) in [5.41, 5.74) is 1.61. The maximum absolute atomic E-state index is 10.3. The molecule has 12 heavy (non-hydrogen) atoms. The Morgan fingerprint density at radius 1 is 1.50 bits per heavy atom. The molecule has 0 aliphatic heterocycles. The molecule has 0 saturated heterocycles. The van der Waals surface area contributed by atoms with Crippen LogP contribution in [-0.2, 0) is 0 Å². The first-order chi connectivity index (χ1) is 5.72. The number of hydrogen-bond donors (Lipinski definition) is 1. The summed E-state index contributed by atoms with van der Waals surface area (Å²) in [5.74, 6) is 0. The Kier molecular flexibility index (Phi) is 2.69. The molecule has 3 nitrogen and oxygen atoms in total. The van der Waals surface area contributed by atoms with Crippen molar-refractivity contribution in [2.75, 3.05) is 14.1 Å². The summed E-state index contributed by atoms with van der Waals surface area (Å²) in [4.78, 5) is 15.1. The summed E-state index contributed by atoms with van der Waals surface area (Å²) in [6, 6.07) is 1.80. The fourth-order valence-corrected chi connectivity index (χ4v) is 0.829. The van der Waals surface area contributed by atoms with E-state index in [-0.39, 0.29) is 0 Å². The molecule has 0 atom stereocenters. The SMILES string of the molecule is CN(C)C=Cc1c[nH]c(C=O)c1. The second-order valence-electron chi connectivity index (χ2n) is 2.79. The standard InChI is InChI=1S/C9H12N2O/c1-11(2)4-3-8-5-9(7-12)10-6-8/h3-7,10H,1-2H3. The van der Waals surface area contributed by atoms with Crippen LogP contribution in [-0.4, -0.2) is 30.3 Å². The normalized spacial score (nSPS) is 10.5. The van der Waals surface area contributed by atoms with Gasteiger partial charge in [0, 0.05) is 20.3 Å². The topological polar surface area (TPSA) is 36.1 Å². The van der Waals surface area contributed by atoms with Crippen LogP contribution >= 0.6 is 0 Å². The zero-order valence-electron chi connectivity index (χ0n) is 7.24. The Balaban J connectivity index is 2.70. The summed E-state index contributed by atoms with van der Waals surface area (Å²) in [6.45, 7) is 0. The molecule has 64 valence electrons. The van der Waals surface area contributed by atoms with Crippen LogP contribution in [0.4, 0.5) is 0 Å². The highest BCUT2D eigenvalue weighted by Crippen LogP contribution is 2.03. The van der Waals surface area contributed by atoms with Gasteiger partial charge in [0.25, 0.3) is 0 Å². The molecular weight excluding hydrogens is 152 g/mol. The molecule has 0 fully saturated rings. The third-order valence-electron chi connectivity index (χ3n) is 1.42. The largest absolute Gasteiger partial charge is 0.383 e.